The molecule has 1 aliphatic heterocycles. The van der Waals surface area contributed by atoms with Crippen LogP contribution in [0.1, 0.15) is 16.7 Å². The first-order valence-electron chi connectivity index (χ1n) is 6.31. The van der Waals surface area contributed by atoms with Gasteiger partial charge in [-0.1, -0.05) is 6.07 Å². The van der Waals surface area contributed by atoms with Crippen molar-refractivity contribution in [1.82, 2.24) is 0 Å². The third kappa shape index (κ3) is 2.27. The summed E-state index contributed by atoms with van der Waals surface area (Å²) in [7, 11) is 0. The molecule has 104 valence electrons. The van der Waals surface area contributed by atoms with E-state index in [1.54, 1.807) is 19.1 Å². The van der Waals surface area contributed by atoms with E-state index in [2.05, 4.69) is 4.90 Å². The Hall–Kier alpha value is -1.95. The summed E-state index contributed by atoms with van der Waals surface area (Å²) in [5.41, 5.74) is 2.82. The van der Waals surface area contributed by atoms with Crippen molar-refractivity contribution in [3.63, 3.8) is 0 Å². The fraction of sp³-hybridized carbons (Fsp3) is 0.286. The molecule has 0 fully saturated rings. The largest absolute Gasteiger partial charge is 0.359 e. The van der Waals surface area contributed by atoms with Crippen molar-refractivity contribution in [3.8, 4) is 0 Å². The molecule has 4 nitrogen and oxygen atoms in total. The predicted molar refractivity (Wildman–Crippen MR) is 76.9 cm³/mol. The molecule has 0 unspecified atom stereocenters. The molecule has 0 saturated heterocycles. The van der Waals surface area contributed by atoms with Crippen LogP contribution in [0, 0.1) is 22.9 Å². The van der Waals surface area contributed by atoms with E-state index in [-0.39, 0.29) is 15.7 Å². The van der Waals surface area contributed by atoms with Crippen LogP contribution in [0.5, 0.6) is 0 Å². The third-order valence-corrected chi connectivity index (χ3v) is 4.79. The number of halogens is 1. The minimum absolute atomic E-state index is 0.199. The summed E-state index contributed by atoms with van der Waals surface area (Å²) in [5, 5.41) is 12.0. The number of nitro groups is 1. The normalized spacial score (nSPS) is 14.2. The second-order valence-corrected chi connectivity index (χ2v) is 5.92. The number of benzene rings is 1. The fourth-order valence-corrected chi connectivity index (χ4v) is 3.52. The molecule has 0 saturated carbocycles. The van der Waals surface area contributed by atoms with Gasteiger partial charge in [-0.25, -0.2) is 4.39 Å². The highest BCUT2D eigenvalue weighted by atomic mass is 32.1. The van der Waals surface area contributed by atoms with Gasteiger partial charge >= 0.3 is 5.00 Å². The van der Waals surface area contributed by atoms with Gasteiger partial charge in [0.1, 0.15) is 5.82 Å². The lowest BCUT2D eigenvalue weighted by molar-refractivity contribution is -0.380. The van der Waals surface area contributed by atoms with Crippen molar-refractivity contribution in [2.75, 3.05) is 11.4 Å². The molecular formula is C14H13FN2O2S. The summed E-state index contributed by atoms with van der Waals surface area (Å²) in [6.07, 6.45) is 0.762. The molecule has 1 aliphatic rings. The first kappa shape index (κ1) is 13.1. The maximum Gasteiger partial charge on any atom is 0.328 e. The van der Waals surface area contributed by atoms with Gasteiger partial charge in [0.15, 0.2) is 0 Å². The van der Waals surface area contributed by atoms with Gasteiger partial charge in [-0.05, 0) is 54.0 Å². The van der Waals surface area contributed by atoms with Crippen molar-refractivity contribution >= 4 is 21.3 Å². The number of hydrogen-bond acceptors (Lipinski definition) is 4. The van der Waals surface area contributed by atoms with Crippen LogP contribution in [0.15, 0.2) is 24.3 Å². The zero-order valence-corrected chi connectivity index (χ0v) is 11.7. The molecule has 6 heteroatoms. The van der Waals surface area contributed by atoms with Gasteiger partial charge in [0.05, 0.1) is 9.92 Å². The molecule has 0 spiro atoms. The Bertz CT molecular complexity index is 684. The average molecular weight is 292 g/mol. The summed E-state index contributed by atoms with van der Waals surface area (Å²) in [5.74, 6) is -0.209. The molecule has 0 aliphatic carbocycles. The monoisotopic (exact) mass is 292 g/mol. The maximum absolute atomic E-state index is 13.2. The molecule has 0 bridgehead atoms. The number of fused-ring (bicyclic) bond motifs is 1. The minimum Gasteiger partial charge on any atom is -0.359 e. The Kier molecular flexibility index (Phi) is 3.17. The van der Waals surface area contributed by atoms with Crippen molar-refractivity contribution in [2.45, 2.75) is 19.9 Å². The molecule has 0 atom stereocenters. The number of hydrogen-bond donors (Lipinski definition) is 0. The SMILES string of the molecule is Cc1cc(N2CCc3cc(F)ccc3C2)sc1[N+](=O)[O-]. The first-order chi connectivity index (χ1) is 9.54. The molecule has 2 aromatic rings. The van der Waals surface area contributed by atoms with Crippen molar-refractivity contribution < 1.29 is 9.31 Å². The van der Waals surface area contributed by atoms with E-state index in [0.29, 0.717) is 12.1 Å². The van der Waals surface area contributed by atoms with Crippen LogP contribution in [-0.4, -0.2) is 11.5 Å². The Labute approximate surface area is 119 Å². The topological polar surface area (TPSA) is 46.4 Å². The zero-order valence-electron chi connectivity index (χ0n) is 10.9. The van der Waals surface area contributed by atoms with E-state index in [9.17, 15) is 14.5 Å². The number of nitrogens with zero attached hydrogens (tertiary/aromatic N) is 2. The number of thiophene rings is 1. The Balaban J connectivity index is 1.88. The van der Waals surface area contributed by atoms with Crippen molar-refractivity contribution in [1.29, 1.82) is 0 Å². The molecule has 0 radical (unpaired) electrons. The van der Waals surface area contributed by atoms with E-state index in [1.165, 1.54) is 17.4 Å². The van der Waals surface area contributed by atoms with Crippen LogP contribution in [0.4, 0.5) is 14.4 Å². The van der Waals surface area contributed by atoms with Gasteiger partial charge in [0.2, 0.25) is 0 Å². The van der Waals surface area contributed by atoms with Crippen molar-refractivity contribution in [3.05, 3.63) is 56.9 Å². The van der Waals surface area contributed by atoms with Gasteiger partial charge in [-0.2, -0.15) is 0 Å². The summed E-state index contributed by atoms with van der Waals surface area (Å²) < 4.78 is 13.2. The van der Waals surface area contributed by atoms with E-state index in [4.69, 9.17) is 0 Å². The van der Waals surface area contributed by atoms with Crippen molar-refractivity contribution in [2.24, 2.45) is 0 Å². The van der Waals surface area contributed by atoms with E-state index < -0.39 is 0 Å². The minimum atomic E-state index is -0.337. The highest BCUT2D eigenvalue weighted by molar-refractivity contribution is 7.19. The van der Waals surface area contributed by atoms with Crippen LogP contribution >= 0.6 is 11.3 Å². The molecule has 0 amide bonds. The molecule has 1 aromatic carbocycles. The Morgan fingerprint density at radius 1 is 1.35 bits per heavy atom. The Morgan fingerprint density at radius 2 is 2.15 bits per heavy atom. The van der Waals surface area contributed by atoms with E-state index >= 15 is 0 Å². The van der Waals surface area contributed by atoms with Crippen LogP contribution in [-0.2, 0) is 13.0 Å². The average Bonchev–Trinajstić information content (AvgIpc) is 2.80. The number of rotatable bonds is 2. The van der Waals surface area contributed by atoms with Crippen LogP contribution in [0.3, 0.4) is 0 Å². The lowest BCUT2D eigenvalue weighted by Crippen LogP contribution is -2.29. The fourth-order valence-electron chi connectivity index (χ4n) is 2.50. The lowest BCUT2D eigenvalue weighted by Gasteiger charge is -2.29. The van der Waals surface area contributed by atoms with Gasteiger partial charge in [0, 0.05) is 18.7 Å². The number of aryl methyl sites for hydroxylation is 1. The molecule has 3 rings (SSSR count). The van der Waals surface area contributed by atoms with Gasteiger partial charge in [-0.3, -0.25) is 10.1 Å². The second-order valence-electron chi connectivity index (χ2n) is 4.91. The summed E-state index contributed by atoms with van der Waals surface area (Å²) in [6, 6.07) is 6.70. The van der Waals surface area contributed by atoms with Gasteiger partial charge in [-0.15, -0.1) is 0 Å². The zero-order chi connectivity index (χ0) is 14.3. The van der Waals surface area contributed by atoms with Gasteiger partial charge < -0.3 is 4.90 Å². The van der Waals surface area contributed by atoms with Crippen LogP contribution in [0.25, 0.3) is 0 Å². The molecule has 20 heavy (non-hydrogen) atoms. The highest BCUT2D eigenvalue weighted by Crippen LogP contribution is 2.37. The summed E-state index contributed by atoms with van der Waals surface area (Å²) in [6.45, 7) is 3.19. The lowest BCUT2D eigenvalue weighted by atomic mass is 10.00. The molecule has 0 N–H and O–H groups in total. The van der Waals surface area contributed by atoms with Crippen LogP contribution < -0.4 is 4.90 Å². The molecular weight excluding hydrogens is 279 g/mol. The standard InChI is InChI=1S/C14H13FN2O2S/c1-9-6-13(20-14(9)17(18)19)16-5-4-10-7-12(15)3-2-11(10)8-16/h2-3,6-7H,4-5,8H2,1H3. The third-order valence-electron chi connectivity index (χ3n) is 3.54. The summed E-state index contributed by atoms with van der Waals surface area (Å²) >= 11 is 1.20. The number of anilines is 1. The van der Waals surface area contributed by atoms with Gasteiger partial charge in [0.25, 0.3) is 0 Å². The highest BCUT2D eigenvalue weighted by Gasteiger charge is 2.22. The van der Waals surface area contributed by atoms with Crippen LogP contribution in [0.2, 0.25) is 0 Å². The predicted octanol–water partition coefficient (Wildman–Crippen LogP) is 3.67. The molecule has 2 heterocycles. The Morgan fingerprint density at radius 3 is 2.85 bits per heavy atom. The smallest absolute Gasteiger partial charge is 0.328 e. The molecule has 1 aromatic heterocycles. The summed E-state index contributed by atoms with van der Waals surface area (Å²) in [4.78, 5) is 12.7. The van der Waals surface area contributed by atoms with E-state index in [0.717, 1.165) is 29.1 Å². The van der Waals surface area contributed by atoms with E-state index in [1.807, 2.05) is 6.07 Å². The first-order valence-corrected chi connectivity index (χ1v) is 7.13. The quantitative estimate of drug-likeness (QED) is 0.627. The maximum atomic E-state index is 13.2. The second kappa shape index (κ2) is 4.86.